The average Bonchev–Trinajstić information content (AvgIpc) is 2.44. The van der Waals surface area contributed by atoms with Gasteiger partial charge in [-0.3, -0.25) is 4.79 Å². The first-order chi connectivity index (χ1) is 10.0. The van der Waals surface area contributed by atoms with Crippen LogP contribution in [0.15, 0.2) is 24.3 Å². The van der Waals surface area contributed by atoms with Crippen molar-refractivity contribution >= 4 is 11.6 Å². The summed E-state index contributed by atoms with van der Waals surface area (Å²) in [6.45, 7) is 5.84. The van der Waals surface area contributed by atoms with Crippen LogP contribution in [0.5, 0.6) is 6.01 Å². The van der Waals surface area contributed by atoms with Crippen LogP contribution >= 0.6 is 0 Å². The van der Waals surface area contributed by atoms with E-state index in [4.69, 9.17) is 4.74 Å². The number of hydrogen-bond acceptors (Lipinski definition) is 4. The van der Waals surface area contributed by atoms with Gasteiger partial charge in [-0.1, -0.05) is 0 Å². The normalized spacial score (nSPS) is 10.3. The van der Waals surface area contributed by atoms with Gasteiger partial charge in [-0.25, -0.2) is 4.39 Å². The number of carbonyl (C=O) groups is 1. The molecule has 1 aromatic carbocycles. The summed E-state index contributed by atoms with van der Waals surface area (Å²) in [4.78, 5) is 20.5. The zero-order valence-electron chi connectivity index (χ0n) is 12.1. The van der Waals surface area contributed by atoms with Crippen LogP contribution in [-0.2, 0) is 0 Å². The lowest BCUT2D eigenvalue weighted by atomic mass is 10.2. The van der Waals surface area contributed by atoms with E-state index >= 15 is 0 Å². The second kappa shape index (κ2) is 6.30. The molecule has 0 aliphatic heterocycles. The van der Waals surface area contributed by atoms with Gasteiger partial charge >= 0.3 is 6.01 Å². The summed E-state index contributed by atoms with van der Waals surface area (Å²) >= 11 is 0. The van der Waals surface area contributed by atoms with Gasteiger partial charge in [0.1, 0.15) is 5.82 Å². The molecule has 5 nitrogen and oxygen atoms in total. The number of carbonyl (C=O) groups excluding carboxylic acids is 1. The van der Waals surface area contributed by atoms with Crippen molar-refractivity contribution in [1.29, 1.82) is 0 Å². The summed E-state index contributed by atoms with van der Waals surface area (Å²) in [5.41, 5.74) is 2.12. The van der Waals surface area contributed by atoms with Gasteiger partial charge in [0.2, 0.25) is 0 Å². The van der Waals surface area contributed by atoms with Gasteiger partial charge in [-0.2, -0.15) is 9.97 Å². The number of benzene rings is 1. The molecule has 110 valence electrons. The molecule has 1 N–H and O–H groups in total. The highest BCUT2D eigenvalue weighted by Crippen LogP contribution is 2.20. The highest BCUT2D eigenvalue weighted by Gasteiger charge is 2.13. The van der Waals surface area contributed by atoms with Crippen LogP contribution in [0.3, 0.4) is 0 Å². The SMILES string of the molecule is CCOc1nc(C)c(NC(=O)c2ccc(F)cc2)c(C)n1. The molecule has 1 aromatic heterocycles. The van der Waals surface area contributed by atoms with E-state index in [0.29, 0.717) is 29.2 Å². The monoisotopic (exact) mass is 289 g/mol. The third kappa shape index (κ3) is 3.53. The quantitative estimate of drug-likeness (QED) is 0.940. The van der Waals surface area contributed by atoms with Crippen LogP contribution < -0.4 is 10.1 Å². The fourth-order valence-corrected chi connectivity index (χ4v) is 1.85. The number of ether oxygens (including phenoxy) is 1. The number of aromatic nitrogens is 2. The summed E-state index contributed by atoms with van der Waals surface area (Å²) in [6, 6.07) is 5.61. The lowest BCUT2D eigenvalue weighted by Gasteiger charge is -2.12. The molecule has 0 spiro atoms. The Kier molecular flexibility index (Phi) is 4.47. The molecule has 1 amide bonds. The molecule has 2 aromatic rings. The van der Waals surface area contributed by atoms with Gasteiger partial charge in [0, 0.05) is 5.56 Å². The molecule has 0 radical (unpaired) electrons. The minimum atomic E-state index is -0.386. The smallest absolute Gasteiger partial charge is 0.316 e. The standard InChI is InChI=1S/C15H16FN3O2/c1-4-21-15-17-9(2)13(10(3)18-15)19-14(20)11-5-7-12(16)8-6-11/h5-8H,4H2,1-3H3,(H,19,20). The predicted molar refractivity (Wildman–Crippen MR) is 77.0 cm³/mol. The fourth-order valence-electron chi connectivity index (χ4n) is 1.85. The van der Waals surface area contributed by atoms with Gasteiger partial charge in [0.15, 0.2) is 0 Å². The van der Waals surface area contributed by atoms with Crippen molar-refractivity contribution in [1.82, 2.24) is 9.97 Å². The molecule has 0 unspecified atom stereocenters. The van der Waals surface area contributed by atoms with Crippen LogP contribution in [-0.4, -0.2) is 22.5 Å². The van der Waals surface area contributed by atoms with Gasteiger partial charge < -0.3 is 10.1 Å². The molecule has 6 heteroatoms. The molecule has 0 aliphatic rings. The molecular weight excluding hydrogens is 273 g/mol. The van der Waals surface area contributed by atoms with Crippen molar-refractivity contribution in [3.63, 3.8) is 0 Å². The fraction of sp³-hybridized carbons (Fsp3) is 0.267. The van der Waals surface area contributed by atoms with E-state index in [1.165, 1.54) is 24.3 Å². The molecule has 21 heavy (non-hydrogen) atoms. The molecule has 0 fully saturated rings. The first-order valence-corrected chi connectivity index (χ1v) is 6.56. The molecule has 0 saturated carbocycles. The summed E-state index contributed by atoms with van der Waals surface area (Å²) in [5.74, 6) is -0.725. The van der Waals surface area contributed by atoms with E-state index in [1.807, 2.05) is 6.92 Å². The summed E-state index contributed by atoms with van der Waals surface area (Å²) in [7, 11) is 0. The Balaban J connectivity index is 2.23. The van der Waals surface area contributed by atoms with Crippen molar-refractivity contribution in [3.8, 4) is 6.01 Å². The van der Waals surface area contributed by atoms with Crippen molar-refractivity contribution < 1.29 is 13.9 Å². The van der Waals surface area contributed by atoms with Gasteiger partial charge in [-0.15, -0.1) is 0 Å². The van der Waals surface area contributed by atoms with E-state index in [-0.39, 0.29) is 17.7 Å². The highest BCUT2D eigenvalue weighted by atomic mass is 19.1. The Hall–Kier alpha value is -2.50. The molecule has 0 aliphatic carbocycles. The van der Waals surface area contributed by atoms with E-state index in [1.54, 1.807) is 13.8 Å². The molecule has 0 atom stereocenters. The average molecular weight is 289 g/mol. The van der Waals surface area contributed by atoms with E-state index in [2.05, 4.69) is 15.3 Å². The largest absolute Gasteiger partial charge is 0.464 e. The minimum absolute atomic E-state index is 0.285. The molecule has 1 heterocycles. The lowest BCUT2D eigenvalue weighted by Crippen LogP contribution is -2.15. The Morgan fingerprint density at radius 3 is 2.29 bits per heavy atom. The lowest BCUT2D eigenvalue weighted by molar-refractivity contribution is 0.102. The van der Waals surface area contributed by atoms with Crippen molar-refractivity contribution in [2.75, 3.05) is 11.9 Å². The summed E-state index contributed by atoms with van der Waals surface area (Å²) in [6.07, 6.45) is 0. The number of nitrogens with one attached hydrogen (secondary N) is 1. The maximum absolute atomic E-state index is 12.9. The Morgan fingerprint density at radius 1 is 1.19 bits per heavy atom. The zero-order valence-corrected chi connectivity index (χ0v) is 12.1. The van der Waals surface area contributed by atoms with E-state index < -0.39 is 0 Å². The van der Waals surface area contributed by atoms with Crippen LogP contribution in [0.1, 0.15) is 28.7 Å². The van der Waals surface area contributed by atoms with Crippen LogP contribution in [0, 0.1) is 19.7 Å². The molecule has 0 saturated heterocycles. The number of nitrogens with zero attached hydrogens (tertiary/aromatic N) is 2. The van der Waals surface area contributed by atoms with Crippen LogP contribution in [0.4, 0.5) is 10.1 Å². The zero-order chi connectivity index (χ0) is 15.4. The van der Waals surface area contributed by atoms with Gasteiger partial charge in [0.25, 0.3) is 5.91 Å². The Morgan fingerprint density at radius 2 is 1.76 bits per heavy atom. The number of amides is 1. The van der Waals surface area contributed by atoms with E-state index in [0.717, 1.165) is 0 Å². The van der Waals surface area contributed by atoms with Crippen molar-refractivity contribution in [2.24, 2.45) is 0 Å². The Labute approximate surface area is 122 Å². The predicted octanol–water partition coefficient (Wildman–Crippen LogP) is 2.88. The van der Waals surface area contributed by atoms with Crippen LogP contribution in [0.2, 0.25) is 0 Å². The third-order valence-electron chi connectivity index (χ3n) is 2.87. The first kappa shape index (κ1) is 14.9. The first-order valence-electron chi connectivity index (χ1n) is 6.56. The summed E-state index contributed by atoms with van der Waals surface area (Å²) in [5, 5.41) is 2.74. The van der Waals surface area contributed by atoms with Crippen molar-refractivity contribution in [3.05, 3.63) is 47.0 Å². The minimum Gasteiger partial charge on any atom is -0.464 e. The molecular formula is C15H16FN3O2. The topological polar surface area (TPSA) is 64.1 Å². The second-order valence-electron chi connectivity index (χ2n) is 4.45. The Bertz CT molecular complexity index is 633. The number of halogens is 1. The summed E-state index contributed by atoms with van der Waals surface area (Å²) < 4.78 is 18.1. The number of aryl methyl sites for hydroxylation is 2. The molecule has 0 bridgehead atoms. The molecule has 2 rings (SSSR count). The van der Waals surface area contributed by atoms with Crippen LogP contribution in [0.25, 0.3) is 0 Å². The maximum Gasteiger partial charge on any atom is 0.316 e. The number of rotatable bonds is 4. The van der Waals surface area contributed by atoms with E-state index in [9.17, 15) is 9.18 Å². The third-order valence-corrected chi connectivity index (χ3v) is 2.87. The maximum atomic E-state index is 12.9. The second-order valence-corrected chi connectivity index (χ2v) is 4.45. The number of anilines is 1. The van der Waals surface area contributed by atoms with Gasteiger partial charge in [-0.05, 0) is 45.0 Å². The highest BCUT2D eigenvalue weighted by molar-refractivity contribution is 6.04. The van der Waals surface area contributed by atoms with Gasteiger partial charge in [0.05, 0.1) is 23.7 Å². The number of hydrogen-bond donors (Lipinski definition) is 1. The van der Waals surface area contributed by atoms with Crippen molar-refractivity contribution in [2.45, 2.75) is 20.8 Å².